The Morgan fingerprint density at radius 2 is 0.750 bits per heavy atom. The molecule has 2 heterocycles. The highest BCUT2D eigenvalue weighted by Gasteiger charge is 2.27. The van der Waals surface area contributed by atoms with Crippen molar-refractivity contribution in [2.24, 2.45) is 23.7 Å². The fourth-order valence-electron chi connectivity index (χ4n) is 3.21. The summed E-state index contributed by atoms with van der Waals surface area (Å²) in [6.07, 6.45) is 0. The lowest BCUT2D eigenvalue weighted by molar-refractivity contribution is 0.0937. The van der Waals surface area contributed by atoms with Crippen molar-refractivity contribution >= 4 is 24.8 Å². The molecular formula is C16H36Cl2N2O4. The van der Waals surface area contributed by atoms with Crippen LogP contribution in [0.4, 0.5) is 0 Å². The molecule has 0 aliphatic carbocycles. The van der Waals surface area contributed by atoms with E-state index in [0.29, 0.717) is 23.7 Å². The molecule has 0 aromatic carbocycles. The fourth-order valence-corrected chi connectivity index (χ4v) is 3.21. The summed E-state index contributed by atoms with van der Waals surface area (Å²) in [4.78, 5) is 0. The Hall–Kier alpha value is 0.340. The molecule has 0 unspecified atom stereocenters. The van der Waals surface area contributed by atoms with Crippen molar-refractivity contribution in [3.63, 3.8) is 0 Å². The van der Waals surface area contributed by atoms with E-state index in [0.717, 1.165) is 52.6 Å². The van der Waals surface area contributed by atoms with Crippen molar-refractivity contribution < 1.29 is 18.9 Å². The van der Waals surface area contributed by atoms with E-state index >= 15 is 0 Å². The van der Waals surface area contributed by atoms with Crippen molar-refractivity contribution in [2.75, 3.05) is 81.0 Å². The first kappa shape index (κ1) is 26.6. The van der Waals surface area contributed by atoms with Crippen molar-refractivity contribution in [3.05, 3.63) is 0 Å². The first-order chi connectivity index (χ1) is 10.8. The van der Waals surface area contributed by atoms with Crippen LogP contribution < -0.4 is 10.6 Å². The van der Waals surface area contributed by atoms with Crippen LogP contribution in [0, 0.1) is 23.7 Å². The number of hydrogen-bond acceptors (Lipinski definition) is 6. The van der Waals surface area contributed by atoms with Gasteiger partial charge >= 0.3 is 0 Å². The maximum Gasteiger partial charge on any atom is 0.0506 e. The molecule has 4 atom stereocenters. The number of halogens is 2. The van der Waals surface area contributed by atoms with Crippen molar-refractivity contribution in [1.29, 1.82) is 0 Å². The van der Waals surface area contributed by atoms with Crippen LogP contribution in [0.25, 0.3) is 0 Å². The topological polar surface area (TPSA) is 61.0 Å². The molecule has 6 nitrogen and oxygen atoms in total. The van der Waals surface area contributed by atoms with Gasteiger partial charge in [0, 0.05) is 78.3 Å². The molecule has 0 bridgehead atoms. The molecule has 8 heteroatoms. The second-order valence-corrected chi connectivity index (χ2v) is 6.18. The van der Waals surface area contributed by atoms with Gasteiger partial charge in [-0.25, -0.2) is 0 Å². The smallest absolute Gasteiger partial charge is 0.0506 e. The molecule has 2 fully saturated rings. The molecule has 148 valence electrons. The van der Waals surface area contributed by atoms with E-state index in [9.17, 15) is 0 Å². The third-order valence-electron chi connectivity index (χ3n) is 4.48. The number of nitrogens with one attached hydrogen (secondary N) is 2. The summed E-state index contributed by atoms with van der Waals surface area (Å²) < 4.78 is 20.4. The van der Waals surface area contributed by atoms with E-state index in [1.165, 1.54) is 0 Å². The first-order valence-corrected chi connectivity index (χ1v) is 8.13. The Morgan fingerprint density at radius 1 is 0.542 bits per heavy atom. The molecule has 24 heavy (non-hydrogen) atoms. The zero-order chi connectivity index (χ0) is 16.2. The second-order valence-electron chi connectivity index (χ2n) is 6.18. The summed E-state index contributed by atoms with van der Waals surface area (Å²) in [7, 11) is 7.01. The maximum atomic E-state index is 5.11. The molecule has 0 aromatic heterocycles. The van der Waals surface area contributed by atoms with Crippen molar-refractivity contribution in [3.8, 4) is 0 Å². The molecule has 0 aromatic rings. The molecule has 2 aliphatic rings. The summed E-state index contributed by atoms with van der Waals surface area (Å²) in [5, 5.41) is 6.66. The van der Waals surface area contributed by atoms with Crippen LogP contribution in [0.5, 0.6) is 0 Å². The molecule has 0 radical (unpaired) electrons. The minimum atomic E-state index is 0. The van der Waals surface area contributed by atoms with Crippen molar-refractivity contribution in [1.82, 2.24) is 10.6 Å². The zero-order valence-electron chi connectivity index (χ0n) is 15.4. The highest BCUT2D eigenvalue weighted by atomic mass is 35.5. The summed E-state index contributed by atoms with van der Waals surface area (Å²) in [6.45, 7) is 7.68. The van der Waals surface area contributed by atoms with Gasteiger partial charge < -0.3 is 29.6 Å². The molecule has 0 spiro atoms. The average molecular weight is 391 g/mol. The van der Waals surface area contributed by atoms with Crippen LogP contribution >= 0.6 is 24.8 Å². The molecule has 0 saturated carbocycles. The Bertz CT molecular complexity index is 228. The van der Waals surface area contributed by atoms with Crippen LogP contribution in [-0.4, -0.2) is 81.0 Å². The summed E-state index contributed by atoms with van der Waals surface area (Å²) in [6, 6.07) is 0. The highest BCUT2D eigenvalue weighted by molar-refractivity contribution is 5.85. The minimum Gasteiger partial charge on any atom is -0.384 e. The number of rotatable bonds is 8. The predicted octanol–water partition coefficient (Wildman–Crippen LogP) is 1.07. The molecule has 2 rings (SSSR count). The van der Waals surface area contributed by atoms with Gasteiger partial charge in [0.05, 0.1) is 26.4 Å². The van der Waals surface area contributed by atoms with E-state index in [1.54, 1.807) is 28.4 Å². The van der Waals surface area contributed by atoms with Gasteiger partial charge in [0.25, 0.3) is 0 Å². The van der Waals surface area contributed by atoms with Gasteiger partial charge in [0.15, 0.2) is 0 Å². The van der Waals surface area contributed by atoms with Crippen LogP contribution in [0.2, 0.25) is 0 Å². The highest BCUT2D eigenvalue weighted by Crippen LogP contribution is 2.17. The lowest BCUT2D eigenvalue weighted by Gasteiger charge is -2.15. The molecule has 2 saturated heterocycles. The van der Waals surface area contributed by atoms with Crippen LogP contribution in [0.3, 0.4) is 0 Å². The number of hydrogen-bond donors (Lipinski definition) is 2. The zero-order valence-corrected chi connectivity index (χ0v) is 17.0. The monoisotopic (exact) mass is 390 g/mol. The predicted molar refractivity (Wildman–Crippen MR) is 102 cm³/mol. The molecule has 2 N–H and O–H groups in total. The normalized spacial score (nSPS) is 28.5. The third-order valence-corrected chi connectivity index (χ3v) is 4.48. The maximum absolute atomic E-state index is 5.11. The van der Waals surface area contributed by atoms with Gasteiger partial charge in [-0.05, 0) is 0 Å². The van der Waals surface area contributed by atoms with Crippen molar-refractivity contribution in [2.45, 2.75) is 0 Å². The SMILES string of the molecule is COC[C@@H]1CNC[C@H]1COC.COC[C@H]1CNC[C@@H]1COC.Cl.Cl. The van der Waals surface area contributed by atoms with Crippen LogP contribution in [0.1, 0.15) is 0 Å². The lowest BCUT2D eigenvalue weighted by Crippen LogP contribution is -2.21. The number of ether oxygens (including phenoxy) is 4. The van der Waals surface area contributed by atoms with E-state index in [-0.39, 0.29) is 24.8 Å². The second kappa shape index (κ2) is 16.8. The van der Waals surface area contributed by atoms with Gasteiger partial charge in [-0.3, -0.25) is 0 Å². The lowest BCUT2D eigenvalue weighted by atomic mass is 9.98. The molecular weight excluding hydrogens is 355 g/mol. The third kappa shape index (κ3) is 9.73. The largest absolute Gasteiger partial charge is 0.384 e. The van der Waals surface area contributed by atoms with E-state index < -0.39 is 0 Å². The Kier molecular flexibility index (Phi) is 18.6. The molecule has 0 amide bonds. The van der Waals surface area contributed by atoms with Crippen LogP contribution in [-0.2, 0) is 18.9 Å². The number of methoxy groups -OCH3 is 4. The first-order valence-electron chi connectivity index (χ1n) is 8.13. The summed E-state index contributed by atoms with van der Waals surface area (Å²) >= 11 is 0. The van der Waals surface area contributed by atoms with E-state index in [2.05, 4.69) is 10.6 Å². The Labute approximate surface area is 159 Å². The van der Waals surface area contributed by atoms with Gasteiger partial charge in [-0.2, -0.15) is 0 Å². The Balaban J connectivity index is 0. The Morgan fingerprint density at radius 3 is 0.917 bits per heavy atom. The summed E-state index contributed by atoms with van der Waals surface area (Å²) in [5.41, 5.74) is 0. The standard InChI is InChI=1S/2C8H17NO2.2ClH/c2*1-10-5-7-3-9-4-8(7)6-11-2;;/h2*7-9H,3-6H2,1-2H3;2*1H/t2*7-,8-;;/m10../s1. The van der Waals surface area contributed by atoms with E-state index in [4.69, 9.17) is 18.9 Å². The van der Waals surface area contributed by atoms with Gasteiger partial charge in [0.2, 0.25) is 0 Å². The van der Waals surface area contributed by atoms with Gasteiger partial charge in [-0.1, -0.05) is 0 Å². The summed E-state index contributed by atoms with van der Waals surface area (Å²) in [5.74, 6) is 2.56. The van der Waals surface area contributed by atoms with Gasteiger partial charge in [-0.15, -0.1) is 24.8 Å². The van der Waals surface area contributed by atoms with Crippen LogP contribution in [0.15, 0.2) is 0 Å². The fraction of sp³-hybridized carbons (Fsp3) is 1.00. The average Bonchev–Trinajstić information content (AvgIpc) is 3.12. The van der Waals surface area contributed by atoms with Gasteiger partial charge in [0.1, 0.15) is 0 Å². The minimum absolute atomic E-state index is 0. The quantitative estimate of drug-likeness (QED) is 0.646. The van der Waals surface area contributed by atoms with E-state index in [1.807, 2.05) is 0 Å². The molecule has 2 aliphatic heterocycles.